The van der Waals surface area contributed by atoms with E-state index in [9.17, 15) is 0 Å². The lowest BCUT2D eigenvalue weighted by atomic mass is 10.1. The Morgan fingerprint density at radius 2 is 2.17 bits per heavy atom. The van der Waals surface area contributed by atoms with Gasteiger partial charge in [-0.2, -0.15) is 0 Å². The third kappa shape index (κ3) is 1.59. The smallest absolute Gasteiger partial charge is 0.196 e. The Hall–Kier alpha value is -1.88. The number of aromatic nitrogens is 3. The zero-order chi connectivity index (χ0) is 12.7. The summed E-state index contributed by atoms with van der Waals surface area (Å²) in [7, 11) is 0. The van der Waals surface area contributed by atoms with Crippen molar-refractivity contribution in [2.75, 3.05) is 5.73 Å². The number of nitrogens with two attached hydrogens (primary N) is 1. The van der Waals surface area contributed by atoms with Gasteiger partial charge in [0.15, 0.2) is 4.96 Å². The first-order chi connectivity index (χ1) is 8.68. The lowest BCUT2D eigenvalue weighted by molar-refractivity contribution is 0.838. The molecule has 0 radical (unpaired) electrons. The first kappa shape index (κ1) is 11.2. The largest absolute Gasteiger partial charge is 0.383 e. The fourth-order valence-corrected chi connectivity index (χ4v) is 2.91. The highest BCUT2D eigenvalue weighted by Crippen LogP contribution is 2.31. The molecule has 3 heterocycles. The fourth-order valence-electron chi connectivity index (χ4n) is 2.02. The Kier molecular flexibility index (Phi) is 2.56. The maximum absolute atomic E-state index is 6.20. The Labute approximate surface area is 109 Å². The van der Waals surface area contributed by atoms with Gasteiger partial charge in [0.05, 0.1) is 17.1 Å². The summed E-state index contributed by atoms with van der Waals surface area (Å²) < 4.78 is 1.99. The molecule has 0 aliphatic carbocycles. The van der Waals surface area contributed by atoms with Gasteiger partial charge in [0.2, 0.25) is 0 Å². The molecule has 0 atom stereocenters. The minimum atomic E-state index is 0.327. The van der Waals surface area contributed by atoms with Crippen LogP contribution in [-0.2, 0) is 0 Å². The molecule has 0 saturated carbocycles. The molecule has 0 aliphatic heterocycles. The van der Waals surface area contributed by atoms with Crippen LogP contribution in [0.15, 0.2) is 29.8 Å². The zero-order valence-corrected chi connectivity index (χ0v) is 11.1. The van der Waals surface area contributed by atoms with Crippen LogP contribution < -0.4 is 5.73 Å². The second-order valence-electron chi connectivity index (χ2n) is 4.49. The summed E-state index contributed by atoms with van der Waals surface area (Å²) in [5.41, 5.74) is 9.09. The van der Waals surface area contributed by atoms with Crippen molar-refractivity contribution in [3.8, 4) is 11.4 Å². The number of fused-ring (bicyclic) bond motifs is 1. The molecule has 0 amide bonds. The van der Waals surface area contributed by atoms with E-state index in [0.717, 1.165) is 27.9 Å². The van der Waals surface area contributed by atoms with Gasteiger partial charge in [0, 0.05) is 11.6 Å². The van der Waals surface area contributed by atoms with Crippen molar-refractivity contribution in [1.29, 1.82) is 0 Å². The molecule has 0 aromatic carbocycles. The third-order valence-electron chi connectivity index (χ3n) is 2.90. The maximum Gasteiger partial charge on any atom is 0.196 e. The van der Waals surface area contributed by atoms with Crippen molar-refractivity contribution in [2.45, 2.75) is 19.8 Å². The average molecular weight is 258 g/mol. The topological polar surface area (TPSA) is 56.2 Å². The zero-order valence-electron chi connectivity index (χ0n) is 10.3. The summed E-state index contributed by atoms with van der Waals surface area (Å²) in [6.07, 6.45) is 1.79. The van der Waals surface area contributed by atoms with Crippen molar-refractivity contribution in [2.24, 2.45) is 0 Å². The van der Waals surface area contributed by atoms with Gasteiger partial charge in [-0.15, -0.1) is 11.3 Å². The van der Waals surface area contributed by atoms with E-state index in [1.54, 1.807) is 17.5 Å². The summed E-state index contributed by atoms with van der Waals surface area (Å²) in [5, 5.41) is 2.05. The lowest BCUT2D eigenvalue weighted by Gasteiger charge is -2.03. The molecular formula is C13H14N4S. The van der Waals surface area contributed by atoms with Crippen LogP contribution in [0.4, 0.5) is 5.82 Å². The van der Waals surface area contributed by atoms with E-state index in [1.165, 1.54) is 0 Å². The molecule has 18 heavy (non-hydrogen) atoms. The van der Waals surface area contributed by atoms with Crippen molar-refractivity contribution in [1.82, 2.24) is 14.4 Å². The van der Waals surface area contributed by atoms with Gasteiger partial charge in [-0.3, -0.25) is 9.38 Å². The normalized spacial score (nSPS) is 11.5. The minimum absolute atomic E-state index is 0.327. The molecule has 4 nitrogen and oxygen atoms in total. The van der Waals surface area contributed by atoms with Crippen LogP contribution in [0.3, 0.4) is 0 Å². The number of thiazole rings is 1. The molecule has 92 valence electrons. The molecule has 0 unspecified atom stereocenters. The molecule has 2 N–H and O–H groups in total. The average Bonchev–Trinajstić information content (AvgIpc) is 2.91. The molecule has 0 fully saturated rings. The third-order valence-corrected chi connectivity index (χ3v) is 3.73. The van der Waals surface area contributed by atoms with Crippen LogP contribution in [-0.4, -0.2) is 14.4 Å². The van der Waals surface area contributed by atoms with Gasteiger partial charge in [-0.05, 0) is 18.1 Å². The summed E-state index contributed by atoms with van der Waals surface area (Å²) in [5.74, 6) is 1.05. The fraction of sp³-hybridized carbons (Fsp3) is 0.231. The Morgan fingerprint density at radius 1 is 1.33 bits per heavy atom. The number of imidazole rings is 1. The number of nitrogens with zero attached hydrogens (tertiary/aromatic N) is 3. The van der Waals surface area contributed by atoms with Gasteiger partial charge in [-0.1, -0.05) is 19.9 Å². The number of anilines is 1. The molecule has 3 aromatic heterocycles. The van der Waals surface area contributed by atoms with Crippen LogP contribution in [0, 0.1) is 0 Å². The highest BCUT2D eigenvalue weighted by Gasteiger charge is 2.17. The molecule has 5 heteroatoms. The van der Waals surface area contributed by atoms with Crippen LogP contribution in [0.5, 0.6) is 0 Å². The minimum Gasteiger partial charge on any atom is -0.383 e. The number of rotatable bonds is 2. The van der Waals surface area contributed by atoms with E-state index in [1.807, 2.05) is 28.0 Å². The van der Waals surface area contributed by atoms with E-state index in [-0.39, 0.29) is 0 Å². The molecule has 0 bridgehead atoms. The summed E-state index contributed by atoms with van der Waals surface area (Å²) >= 11 is 1.59. The molecular weight excluding hydrogens is 244 g/mol. The molecule has 3 aromatic rings. The number of nitrogen functional groups attached to an aromatic ring is 1. The standard InChI is InChI=1S/C13H14N4S/c1-8(2)11-12(14)17-10(7-18-13(17)16-11)9-5-3-4-6-15-9/h3-8H,14H2,1-2H3. The predicted molar refractivity (Wildman–Crippen MR) is 74.8 cm³/mol. The van der Waals surface area contributed by atoms with Crippen LogP contribution in [0.1, 0.15) is 25.5 Å². The number of hydrogen-bond acceptors (Lipinski definition) is 4. The highest BCUT2D eigenvalue weighted by molar-refractivity contribution is 7.15. The predicted octanol–water partition coefficient (Wildman–Crippen LogP) is 3.16. The molecule has 0 saturated heterocycles. The highest BCUT2D eigenvalue weighted by atomic mass is 32.1. The monoisotopic (exact) mass is 258 g/mol. The van der Waals surface area contributed by atoms with Crippen LogP contribution in [0.2, 0.25) is 0 Å². The van der Waals surface area contributed by atoms with E-state index >= 15 is 0 Å². The summed E-state index contributed by atoms with van der Waals surface area (Å²) in [6.45, 7) is 4.20. The van der Waals surface area contributed by atoms with Crippen LogP contribution >= 0.6 is 11.3 Å². The Morgan fingerprint density at radius 3 is 2.83 bits per heavy atom. The van der Waals surface area contributed by atoms with Crippen molar-refractivity contribution in [3.63, 3.8) is 0 Å². The van der Waals surface area contributed by atoms with E-state index in [0.29, 0.717) is 5.92 Å². The maximum atomic E-state index is 6.20. The van der Waals surface area contributed by atoms with Gasteiger partial charge < -0.3 is 5.73 Å². The van der Waals surface area contributed by atoms with Gasteiger partial charge in [-0.25, -0.2) is 4.98 Å². The van der Waals surface area contributed by atoms with Gasteiger partial charge in [0.1, 0.15) is 5.82 Å². The molecule has 0 aliphatic rings. The quantitative estimate of drug-likeness (QED) is 0.768. The lowest BCUT2D eigenvalue weighted by Crippen LogP contribution is -1.99. The Balaban J connectivity index is 2.26. The summed E-state index contributed by atoms with van der Waals surface area (Å²) in [6, 6.07) is 5.86. The van der Waals surface area contributed by atoms with Crippen molar-refractivity contribution in [3.05, 3.63) is 35.5 Å². The second-order valence-corrected chi connectivity index (χ2v) is 5.33. The first-order valence-electron chi connectivity index (χ1n) is 5.85. The van der Waals surface area contributed by atoms with Crippen molar-refractivity contribution >= 4 is 22.1 Å². The van der Waals surface area contributed by atoms with Gasteiger partial charge in [0.25, 0.3) is 0 Å². The van der Waals surface area contributed by atoms with E-state index in [4.69, 9.17) is 5.73 Å². The second kappa shape index (κ2) is 4.10. The van der Waals surface area contributed by atoms with E-state index in [2.05, 4.69) is 23.8 Å². The SMILES string of the molecule is CC(C)c1nc2scc(-c3ccccn3)n2c1N. The summed E-state index contributed by atoms with van der Waals surface area (Å²) in [4.78, 5) is 9.88. The molecule has 0 spiro atoms. The number of pyridine rings is 1. The van der Waals surface area contributed by atoms with Gasteiger partial charge >= 0.3 is 0 Å². The van der Waals surface area contributed by atoms with Crippen molar-refractivity contribution < 1.29 is 0 Å². The van der Waals surface area contributed by atoms with Crippen LogP contribution in [0.25, 0.3) is 16.3 Å². The number of hydrogen-bond donors (Lipinski definition) is 1. The molecule has 3 rings (SSSR count). The van der Waals surface area contributed by atoms with E-state index < -0.39 is 0 Å². The first-order valence-corrected chi connectivity index (χ1v) is 6.73. The Bertz CT molecular complexity index is 682.